The van der Waals surface area contributed by atoms with Gasteiger partial charge in [0, 0.05) is 52.7 Å². The minimum absolute atomic E-state index is 0.0692. The summed E-state index contributed by atoms with van der Waals surface area (Å²) in [6, 6.07) is 17.5. The van der Waals surface area contributed by atoms with Crippen LogP contribution >= 0.6 is 73.2 Å². The Morgan fingerprint density at radius 3 is 1.24 bits per heavy atom. The molecule has 0 saturated carbocycles. The number of thioether (sulfide) groups is 3. The number of rotatable bonds is 14. The topological polar surface area (TPSA) is 234 Å². The number of carbonyl (C=O) groups is 6. The summed E-state index contributed by atoms with van der Waals surface area (Å²) in [6.45, 7) is 1.78. The highest BCUT2D eigenvalue weighted by molar-refractivity contribution is 8.00. The van der Waals surface area contributed by atoms with Crippen molar-refractivity contribution in [3.8, 4) is 17.2 Å². The van der Waals surface area contributed by atoms with Crippen LogP contribution in [0.2, 0.25) is 0 Å². The molecule has 0 spiro atoms. The molecule has 6 N–H and O–H groups in total. The van der Waals surface area contributed by atoms with Crippen LogP contribution in [-0.4, -0.2) is 134 Å². The van der Waals surface area contributed by atoms with Crippen molar-refractivity contribution in [2.45, 2.75) is 66.9 Å². The molecule has 3 amide bonds. The summed E-state index contributed by atoms with van der Waals surface area (Å²) in [7, 11) is 0. The molecule has 21 heteroatoms. The number of thiol groups is 3. The van der Waals surface area contributed by atoms with Crippen molar-refractivity contribution in [3.05, 3.63) is 89.5 Å². The van der Waals surface area contributed by atoms with Gasteiger partial charge in [-0.2, -0.15) is 37.9 Å². The van der Waals surface area contributed by atoms with E-state index in [0.29, 0.717) is 64.0 Å². The molecule has 0 radical (unpaired) electrons. The predicted molar refractivity (Wildman–Crippen MR) is 254 cm³/mol. The van der Waals surface area contributed by atoms with Gasteiger partial charge in [0.1, 0.15) is 51.5 Å². The number of para-hydroxylation sites is 3. The predicted octanol–water partition coefficient (Wildman–Crippen LogP) is 6.24. The van der Waals surface area contributed by atoms with Crippen LogP contribution in [0.1, 0.15) is 65.4 Å². The van der Waals surface area contributed by atoms with Gasteiger partial charge in [0.05, 0.1) is 0 Å². The van der Waals surface area contributed by atoms with Crippen LogP contribution in [0.4, 0.5) is 0 Å². The maximum absolute atomic E-state index is 12.7. The molecule has 3 aromatic rings. The number of carbonyl (C=O) groups excluding carboxylic acids is 3. The second kappa shape index (κ2) is 24.9. The van der Waals surface area contributed by atoms with E-state index in [0.717, 1.165) is 0 Å². The van der Waals surface area contributed by atoms with Crippen molar-refractivity contribution < 1.29 is 59.4 Å². The second-order valence-corrected chi connectivity index (χ2v) is 19.0. The zero-order valence-corrected chi connectivity index (χ0v) is 39.2. The number of aromatic hydroxyl groups is 3. The first-order valence-corrected chi connectivity index (χ1v) is 24.8. The maximum Gasteiger partial charge on any atom is 0.327 e. The number of hydrogen-bond donors (Lipinski definition) is 9. The molecular weight excluding hydrogens is 931 g/mol. The molecule has 63 heavy (non-hydrogen) atoms. The van der Waals surface area contributed by atoms with Crippen molar-refractivity contribution >= 4 is 109 Å². The SMILES string of the molecule is CC(CCS)C(=O)N1C(C(=O)O)CSC1c1ccccc1O.O=C(O)C1CSC(c2ccccc2O)N1C(=O)CCCS.O=C(O)[C@@H]1CS[C@H](c2ccccc2O)N1C(=O)CCS. The highest BCUT2D eigenvalue weighted by Crippen LogP contribution is 2.47. The molecule has 5 unspecified atom stereocenters. The lowest BCUT2D eigenvalue weighted by atomic mass is 10.0. The zero-order chi connectivity index (χ0) is 46.4. The summed E-state index contributed by atoms with van der Waals surface area (Å²) in [5.74, 6) is -1.37. The number of phenols is 3. The van der Waals surface area contributed by atoms with E-state index in [4.69, 9.17) is 0 Å². The molecule has 6 rings (SSSR count). The Morgan fingerprint density at radius 1 is 0.556 bits per heavy atom. The van der Waals surface area contributed by atoms with E-state index < -0.39 is 52.2 Å². The molecule has 3 heterocycles. The highest BCUT2D eigenvalue weighted by Gasteiger charge is 2.45. The molecule has 3 fully saturated rings. The number of phenolic OH excluding ortho intramolecular Hbond substituents is 3. The summed E-state index contributed by atoms with van der Waals surface area (Å²) in [6.07, 6.45) is 1.63. The van der Waals surface area contributed by atoms with E-state index >= 15 is 0 Å². The number of carboxylic acids is 3. The van der Waals surface area contributed by atoms with Gasteiger partial charge in [-0.15, -0.1) is 35.3 Å². The Morgan fingerprint density at radius 2 is 0.905 bits per heavy atom. The number of amides is 3. The van der Waals surface area contributed by atoms with Crippen LogP contribution in [0.3, 0.4) is 0 Å². The lowest BCUT2D eigenvalue weighted by molar-refractivity contribution is -0.150. The normalized spacial score (nSPS) is 22.0. The van der Waals surface area contributed by atoms with Crippen molar-refractivity contribution in [2.75, 3.05) is 34.5 Å². The van der Waals surface area contributed by atoms with Crippen LogP contribution in [0.15, 0.2) is 72.8 Å². The highest BCUT2D eigenvalue weighted by atomic mass is 32.2. The summed E-state index contributed by atoms with van der Waals surface area (Å²) < 4.78 is 0. The Hall–Kier alpha value is -4.02. The first kappa shape index (κ1) is 51.6. The Bertz CT molecular complexity index is 2080. The van der Waals surface area contributed by atoms with Crippen LogP contribution in [0.5, 0.6) is 17.2 Å². The van der Waals surface area contributed by atoms with Gasteiger partial charge in [-0.25, -0.2) is 14.4 Å². The average Bonchev–Trinajstić information content (AvgIpc) is 4.02. The summed E-state index contributed by atoms with van der Waals surface area (Å²) in [5.41, 5.74) is 1.71. The van der Waals surface area contributed by atoms with E-state index in [1.165, 1.54) is 56.1 Å². The molecule has 0 bridgehead atoms. The quantitative estimate of drug-likeness (QED) is 0.0814. The van der Waals surface area contributed by atoms with E-state index in [1.54, 1.807) is 73.7 Å². The molecule has 3 aromatic carbocycles. The molecule has 3 aliphatic heterocycles. The van der Waals surface area contributed by atoms with Crippen LogP contribution in [-0.2, 0) is 28.8 Å². The Kier molecular flexibility index (Phi) is 20.4. The van der Waals surface area contributed by atoms with Gasteiger partial charge in [0.25, 0.3) is 0 Å². The smallest absolute Gasteiger partial charge is 0.327 e. The third-order valence-corrected chi connectivity index (χ3v) is 14.9. The number of nitrogens with zero attached hydrogens (tertiary/aromatic N) is 3. The van der Waals surface area contributed by atoms with Crippen LogP contribution in [0, 0.1) is 5.92 Å². The van der Waals surface area contributed by atoms with Crippen LogP contribution < -0.4 is 0 Å². The monoisotopic (exact) mass is 981 g/mol. The van der Waals surface area contributed by atoms with Crippen molar-refractivity contribution in [1.82, 2.24) is 14.7 Å². The van der Waals surface area contributed by atoms with Gasteiger partial charge < -0.3 is 45.3 Å². The van der Waals surface area contributed by atoms with Gasteiger partial charge in [-0.1, -0.05) is 61.5 Å². The Labute approximate surface area is 394 Å². The fourth-order valence-corrected chi connectivity index (χ4v) is 12.1. The minimum atomic E-state index is -1.03. The standard InChI is InChI=1S/C15H19NO4S2.C14H17NO4S2.C13H15NO4S2/c1-9(6-7-21)13(18)16-11(15(19)20)8-22-14(16)10-4-2-3-5-12(10)17;16-11-5-2-1-4-9(11)13-15(12(17)6-3-7-20)10(8-21-13)14(18)19;15-10-4-2-1-3-8(10)12-14(11(16)5-6-19)9(7-20-12)13(17)18/h2-5,9,11,14,17,21H,6-8H2,1H3,(H,19,20);1-2,4-5,10,13,16,20H,3,6-8H2,(H,18,19);1-4,9,12,15,19H,5-7H2,(H,17,18)/t;;9-,12+/m..0/s1. The third kappa shape index (κ3) is 13.1. The fraction of sp³-hybridized carbons (Fsp3) is 0.429. The lowest BCUT2D eigenvalue weighted by Gasteiger charge is -2.30. The van der Waals surface area contributed by atoms with Crippen molar-refractivity contribution in [2.24, 2.45) is 5.92 Å². The summed E-state index contributed by atoms with van der Waals surface area (Å²) in [5, 5.41) is 56.4. The van der Waals surface area contributed by atoms with E-state index in [1.807, 2.05) is 0 Å². The zero-order valence-electron chi connectivity index (χ0n) is 34.1. The molecule has 0 aromatic heterocycles. The molecule has 3 saturated heterocycles. The van der Waals surface area contributed by atoms with E-state index in [2.05, 4.69) is 37.9 Å². The van der Waals surface area contributed by atoms with Gasteiger partial charge in [0.2, 0.25) is 17.7 Å². The van der Waals surface area contributed by atoms with Crippen molar-refractivity contribution in [1.29, 1.82) is 0 Å². The third-order valence-electron chi connectivity index (χ3n) is 10.2. The molecular formula is C42H51N3O12S6. The van der Waals surface area contributed by atoms with Crippen LogP contribution in [0.25, 0.3) is 0 Å². The molecule has 15 nitrogen and oxygen atoms in total. The van der Waals surface area contributed by atoms with Gasteiger partial charge in [-0.3, -0.25) is 14.4 Å². The number of benzene rings is 3. The molecule has 342 valence electrons. The minimum Gasteiger partial charge on any atom is -0.508 e. The maximum atomic E-state index is 12.7. The summed E-state index contributed by atoms with van der Waals surface area (Å²) >= 11 is 16.3. The largest absolute Gasteiger partial charge is 0.508 e. The number of aliphatic carboxylic acids is 3. The van der Waals surface area contributed by atoms with Gasteiger partial charge >= 0.3 is 17.9 Å². The molecule has 0 aliphatic carbocycles. The van der Waals surface area contributed by atoms with Crippen molar-refractivity contribution in [3.63, 3.8) is 0 Å². The lowest BCUT2D eigenvalue weighted by Crippen LogP contribution is -2.45. The number of carboxylic acid groups (broad SMARTS) is 3. The molecule has 3 aliphatic rings. The second-order valence-electron chi connectivity index (χ2n) is 14.4. The first-order chi connectivity index (χ1) is 30.1. The Balaban J connectivity index is 0.000000208. The molecule has 7 atom stereocenters. The van der Waals surface area contributed by atoms with E-state index in [-0.39, 0.29) is 53.7 Å². The fourth-order valence-electron chi connectivity index (χ4n) is 6.93. The number of hydrogen-bond acceptors (Lipinski definition) is 15. The van der Waals surface area contributed by atoms with E-state index in [9.17, 15) is 59.4 Å². The van der Waals surface area contributed by atoms with Gasteiger partial charge in [0.15, 0.2) is 0 Å². The average molecular weight is 982 g/mol. The first-order valence-electron chi connectivity index (χ1n) is 19.7. The summed E-state index contributed by atoms with van der Waals surface area (Å²) in [4.78, 5) is 75.5. The van der Waals surface area contributed by atoms with Gasteiger partial charge in [-0.05, 0) is 48.3 Å².